The molecule has 2 N–H and O–H groups in total. The normalized spacial score (nSPS) is 11.3. The second-order valence-corrected chi connectivity index (χ2v) is 5.50. The maximum atomic E-state index is 9.30. The second kappa shape index (κ2) is 6.75. The van der Waals surface area contributed by atoms with Crippen LogP contribution in [-0.2, 0) is 0 Å². The largest absolute Gasteiger partial charge is 0.488 e. The maximum absolute atomic E-state index is 9.30. The lowest BCUT2D eigenvalue weighted by Crippen LogP contribution is -2.29. The summed E-state index contributed by atoms with van der Waals surface area (Å²) in [5.41, 5.74) is 5.10. The standard InChI is InChI=1S/C18H21BO2/c1-4-6-16-11-15(9-10-18(16)13(2)3)14-7-5-8-17(12-14)19(20)21/h4-13,20-21H,1-3H3/b6-4-. The minimum Gasteiger partial charge on any atom is -0.423 e. The Kier molecular flexibility index (Phi) is 5.00. The molecular weight excluding hydrogens is 259 g/mol. The fourth-order valence-electron chi connectivity index (χ4n) is 2.48. The summed E-state index contributed by atoms with van der Waals surface area (Å²) in [5, 5.41) is 18.6. The van der Waals surface area contributed by atoms with Gasteiger partial charge in [-0.25, -0.2) is 0 Å². The molecule has 0 heterocycles. The molecule has 0 bridgehead atoms. The summed E-state index contributed by atoms with van der Waals surface area (Å²) in [6.07, 6.45) is 4.16. The zero-order valence-electron chi connectivity index (χ0n) is 12.7. The average molecular weight is 280 g/mol. The first-order valence-electron chi connectivity index (χ1n) is 7.26. The Labute approximate surface area is 126 Å². The van der Waals surface area contributed by atoms with Crippen molar-refractivity contribution < 1.29 is 10.0 Å². The maximum Gasteiger partial charge on any atom is 0.488 e. The van der Waals surface area contributed by atoms with Gasteiger partial charge in [-0.3, -0.25) is 0 Å². The van der Waals surface area contributed by atoms with Crippen LogP contribution in [0.1, 0.15) is 37.8 Å². The smallest absolute Gasteiger partial charge is 0.423 e. The first kappa shape index (κ1) is 15.6. The quantitative estimate of drug-likeness (QED) is 0.844. The summed E-state index contributed by atoms with van der Waals surface area (Å²) in [5.74, 6) is 0.468. The van der Waals surface area contributed by atoms with Gasteiger partial charge in [0.2, 0.25) is 0 Å². The Bertz CT molecular complexity index is 645. The lowest BCUT2D eigenvalue weighted by molar-refractivity contribution is 0.426. The van der Waals surface area contributed by atoms with Crippen LogP contribution < -0.4 is 5.46 Å². The van der Waals surface area contributed by atoms with Crippen molar-refractivity contribution in [3.05, 3.63) is 59.7 Å². The molecule has 2 aromatic carbocycles. The summed E-state index contributed by atoms with van der Waals surface area (Å²) in [4.78, 5) is 0. The van der Waals surface area contributed by atoms with Gasteiger partial charge in [0.15, 0.2) is 0 Å². The van der Waals surface area contributed by atoms with E-state index < -0.39 is 7.12 Å². The van der Waals surface area contributed by atoms with Gasteiger partial charge in [-0.2, -0.15) is 0 Å². The van der Waals surface area contributed by atoms with Gasteiger partial charge in [0.25, 0.3) is 0 Å². The number of benzene rings is 2. The summed E-state index contributed by atoms with van der Waals surface area (Å²) < 4.78 is 0. The summed E-state index contributed by atoms with van der Waals surface area (Å²) in [6.45, 7) is 6.38. The first-order valence-corrected chi connectivity index (χ1v) is 7.26. The van der Waals surface area contributed by atoms with Crippen LogP contribution >= 0.6 is 0 Å². The van der Waals surface area contributed by atoms with Gasteiger partial charge < -0.3 is 10.0 Å². The van der Waals surface area contributed by atoms with Crippen molar-refractivity contribution in [1.29, 1.82) is 0 Å². The Morgan fingerprint density at radius 3 is 2.33 bits per heavy atom. The third kappa shape index (κ3) is 3.63. The molecule has 108 valence electrons. The van der Waals surface area contributed by atoms with Crippen LogP contribution in [0.3, 0.4) is 0 Å². The minimum absolute atomic E-state index is 0.468. The van der Waals surface area contributed by atoms with Crippen LogP contribution in [0.2, 0.25) is 0 Å². The monoisotopic (exact) mass is 280 g/mol. The van der Waals surface area contributed by atoms with Gasteiger partial charge in [0.05, 0.1) is 0 Å². The fraction of sp³-hybridized carbons (Fsp3) is 0.222. The van der Waals surface area contributed by atoms with Crippen LogP contribution in [-0.4, -0.2) is 17.2 Å². The topological polar surface area (TPSA) is 40.5 Å². The second-order valence-electron chi connectivity index (χ2n) is 5.50. The van der Waals surface area contributed by atoms with Crippen molar-refractivity contribution in [2.24, 2.45) is 0 Å². The van der Waals surface area contributed by atoms with Crippen LogP contribution in [0.25, 0.3) is 17.2 Å². The van der Waals surface area contributed by atoms with E-state index in [0.717, 1.165) is 11.1 Å². The molecule has 0 unspecified atom stereocenters. The number of hydrogen-bond donors (Lipinski definition) is 2. The van der Waals surface area contributed by atoms with Crippen molar-refractivity contribution in [2.75, 3.05) is 0 Å². The third-order valence-corrected chi connectivity index (χ3v) is 3.57. The highest BCUT2D eigenvalue weighted by Crippen LogP contribution is 2.27. The molecule has 2 nitrogen and oxygen atoms in total. The highest BCUT2D eigenvalue weighted by molar-refractivity contribution is 6.58. The zero-order valence-corrected chi connectivity index (χ0v) is 12.7. The molecule has 0 aliphatic heterocycles. The molecule has 0 amide bonds. The van der Waals surface area contributed by atoms with E-state index >= 15 is 0 Å². The van der Waals surface area contributed by atoms with E-state index in [1.54, 1.807) is 6.07 Å². The highest BCUT2D eigenvalue weighted by atomic mass is 16.4. The molecule has 2 aromatic rings. The predicted octanol–water partition coefficient (Wildman–Crippen LogP) is 3.19. The molecular formula is C18H21BO2. The Hall–Kier alpha value is -1.84. The lowest BCUT2D eigenvalue weighted by Gasteiger charge is -2.13. The van der Waals surface area contributed by atoms with E-state index in [0.29, 0.717) is 11.4 Å². The molecule has 0 saturated heterocycles. The van der Waals surface area contributed by atoms with Crippen LogP contribution in [0.4, 0.5) is 0 Å². The SMILES string of the molecule is C/C=C\c1cc(-c2cccc(B(O)O)c2)ccc1C(C)C. The molecule has 0 aliphatic rings. The van der Waals surface area contributed by atoms with Gasteiger partial charge in [-0.15, -0.1) is 0 Å². The van der Waals surface area contributed by atoms with E-state index in [1.807, 2.05) is 31.2 Å². The van der Waals surface area contributed by atoms with Gasteiger partial charge >= 0.3 is 7.12 Å². The summed E-state index contributed by atoms with van der Waals surface area (Å²) in [7, 11) is -1.44. The summed E-state index contributed by atoms with van der Waals surface area (Å²) >= 11 is 0. The Balaban J connectivity index is 2.50. The summed E-state index contributed by atoms with van der Waals surface area (Å²) in [6, 6.07) is 13.7. The van der Waals surface area contributed by atoms with Crippen molar-refractivity contribution in [3.63, 3.8) is 0 Å². The van der Waals surface area contributed by atoms with Gasteiger partial charge in [0.1, 0.15) is 0 Å². The predicted molar refractivity (Wildman–Crippen MR) is 90.5 cm³/mol. The number of hydrogen-bond acceptors (Lipinski definition) is 2. The van der Waals surface area contributed by atoms with E-state index in [1.165, 1.54) is 11.1 Å². The average Bonchev–Trinajstić information content (AvgIpc) is 2.47. The van der Waals surface area contributed by atoms with Gasteiger partial charge in [-0.05, 0) is 46.6 Å². The van der Waals surface area contributed by atoms with Crippen LogP contribution in [0.5, 0.6) is 0 Å². The van der Waals surface area contributed by atoms with E-state index in [4.69, 9.17) is 0 Å². The zero-order chi connectivity index (χ0) is 15.4. The molecule has 2 rings (SSSR count). The van der Waals surface area contributed by atoms with Crippen LogP contribution in [0, 0.1) is 0 Å². The molecule has 0 aromatic heterocycles. The third-order valence-electron chi connectivity index (χ3n) is 3.57. The Morgan fingerprint density at radius 2 is 1.71 bits per heavy atom. The number of rotatable bonds is 4. The molecule has 0 saturated carbocycles. The molecule has 0 aliphatic carbocycles. The minimum atomic E-state index is -1.44. The fourth-order valence-corrected chi connectivity index (χ4v) is 2.48. The van der Waals surface area contributed by atoms with E-state index in [-0.39, 0.29) is 0 Å². The lowest BCUT2D eigenvalue weighted by atomic mass is 9.79. The molecule has 21 heavy (non-hydrogen) atoms. The highest BCUT2D eigenvalue weighted by Gasteiger charge is 2.12. The van der Waals surface area contributed by atoms with Crippen molar-refractivity contribution in [1.82, 2.24) is 0 Å². The molecule has 0 atom stereocenters. The van der Waals surface area contributed by atoms with Gasteiger partial charge in [-0.1, -0.05) is 62.4 Å². The Morgan fingerprint density at radius 1 is 1.00 bits per heavy atom. The first-order chi connectivity index (χ1) is 10.0. The molecule has 3 heteroatoms. The molecule has 0 fully saturated rings. The van der Waals surface area contributed by atoms with Crippen LogP contribution in [0.15, 0.2) is 48.5 Å². The van der Waals surface area contributed by atoms with E-state index in [9.17, 15) is 10.0 Å². The molecule has 0 radical (unpaired) electrons. The van der Waals surface area contributed by atoms with Crippen molar-refractivity contribution in [2.45, 2.75) is 26.7 Å². The van der Waals surface area contributed by atoms with Crippen molar-refractivity contribution >= 4 is 18.7 Å². The van der Waals surface area contributed by atoms with E-state index in [2.05, 4.69) is 38.1 Å². The van der Waals surface area contributed by atoms with Gasteiger partial charge in [0, 0.05) is 0 Å². The number of allylic oxidation sites excluding steroid dienone is 1. The van der Waals surface area contributed by atoms with Crippen molar-refractivity contribution in [3.8, 4) is 11.1 Å². The molecule has 0 spiro atoms.